The number of hydrogen-bond acceptors (Lipinski definition) is 1. The van der Waals surface area contributed by atoms with Gasteiger partial charge in [-0.15, -0.1) is 13.2 Å². The van der Waals surface area contributed by atoms with Crippen molar-refractivity contribution in [3.05, 3.63) is 29.8 Å². The fraction of sp³-hybridized carbons (Fsp3) is 0.652. The number of benzene rings is 1. The third-order valence-electron chi connectivity index (χ3n) is 6.42. The van der Waals surface area contributed by atoms with Crippen molar-refractivity contribution in [2.75, 3.05) is 0 Å². The molecule has 2 fully saturated rings. The van der Waals surface area contributed by atoms with Gasteiger partial charge in [0.1, 0.15) is 5.75 Å². The molecule has 0 amide bonds. The summed E-state index contributed by atoms with van der Waals surface area (Å²) in [6, 6.07) is 5.82. The Balaban J connectivity index is 1.46. The van der Waals surface area contributed by atoms with Crippen LogP contribution in [-0.4, -0.2) is 6.36 Å². The van der Waals surface area contributed by atoms with Crippen molar-refractivity contribution >= 4 is 0 Å². The smallest absolute Gasteiger partial charge is 0.406 e. The van der Waals surface area contributed by atoms with Crippen molar-refractivity contribution in [3.63, 3.8) is 0 Å². The van der Waals surface area contributed by atoms with Crippen LogP contribution >= 0.6 is 0 Å². The molecule has 0 atom stereocenters. The molecule has 0 unspecified atom stereocenters. The van der Waals surface area contributed by atoms with E-state index in [1.807, 2.05) is 0 Å². The van der Waals surface area contributed by atoms with Crippen LogP contribution in [-0.2, 0) is 0 Å². The second kappa shape index (κ2) is 9.04. The monoisotopic (exact) mass is 378 g/mol. The van der Waals surface area contributed by atoms with Crippen molar-refractivity contribution in [2.45, 2.75) is 71.1 Å². The highest BCUT2D eigenvalue weighted by molar-refractivity contribution is 5.38. The van der Waals surface area contributed by atoms with Gasteiger partial charge in [0.15, 0.2) is 0 Å². The number of rotatable bonds is 3. The van der Waals surface area contributed by atoms with Crippen molar-refractivity contribution in [3.8, 4) is 17.6 Å². The lowest BCUT2D eigenvalue weighted by Gasteiger charge is -2.36. The van der Waals surface area contributed by atoms with Gasteiger partial charge in [-0.05, 0) is 80.5 Å². The standard InChI is InChI=1S/C23H29F3O/c1-2-17-5-11-20(12-6-17)21-13-7-18(8-14-21)3-4-19-9-15-22(16-10-19)27-23(24,25)26/h9-10,15-18,20-21H,2,5-8,11-14H2,1H3/t17-,18-,20-,21-. The Morgan fingerprint density at radius 2 is 1.44 bits per heavy atom. The van der Waals surface area contributed by atoms with E-state index in [-0.39, 0.29) is 5.75 Å². The van der Waals surface area contributed by atoms with Gasteiger partial charge in [-0.1, -0.05) is 38.0 Å². The minimum Gasteiger partial charge on any atom is -0.406 e. The third kappa shape index (κ3) is 6.19. The Bertz CT molecular complexity index is 637. The van der Waals surface area contributed by atoms with Crippen LogP contribution in [0.25, 0.3) is 0 Å². The molecule has 148 valence electrons. The first-order valence-corrected chi connectivity index (χ1v) is 10.3. The summed E-state index contributed by atoms with van der Waals surface area (Å²) in [5.74, 6) is 9.42. The van der Waals surface area contributed by atoms with Crippen LogP contribution in [0, 0.1) is 35.5 Å². The Labute approximate surface area is 160 Å². The first kappa shape index (κ1) is 20.1. The SMILES string of the molecule is CC[C@H]1CC[C@H]([C@H]2CC[C@H](C#Cc3ccc(OC(F)(F)F)cc3)CC2)CC1. The summed E-state index contributed by atoms with van der Waals surface area (Å²) in [6.45, 7) is 2.31. The van der Waals surface area contributed by atoms with Gasteiger partial charge in [0.25, 0.3) is 0 Å². The third-order valence-corrected chi connectivity index (χ3v) is 6.42. The van der Waals surface area contributed by atoms with Crippen LogP contribution in [0.4, 0.5) is 13.2 Å². The number of halogens is 3. The molecule has 0 saturated heterocycles. The van der Waals surface area contributed by atoms with E-state index in [1.54, 1.807) is 12.1 Å². The predicted octanol–water partition coefficient (Wildman–Crippen LogP) is 6.96. The summed E-state index contributed by atoms with van der Waals surface area (Å²) in [6.07, 6.45) is 7.18. The fourth-order valence-corrected chi connectivity index (χ4v) is 4.73. The Kier molecular flexibility index (Phi) is 6.73. The van der Waals surface area contributed by atoms with Gasteiger partial charge in [0, 0.05) is 11.5 Å². The number of ether oxygens (including phenoxy) is 1. The molecule has 4 heteroatoms. The Morgan fingerprint density at radius 3 is 1.96 bits per heavy atom. The number of alkyl halides is 3. The van der Waals surface area contributed by atoms with E-state index in [4.69, 9.17) is 0 Å². The van der Waals surface area contributed by atoms with Gasteiger partial charge in [-0.25, -0.2) is 0 Å². The molecule has 1 aromatic rings. The molecule has 1 aromatic carbocycles. The zero-order valence-corrected chi connectivity index (χ0v) is 16.0. The fourth-order valence-electron chi connectivity index (χ4n) is 4.73. The molecule has 2 saturated carbocycles. The van der Waals surface area contributed by atoms with Gasteiger partial charge < -0.3 is 4.74 Å². The lowest BCUT2D eigenvalue weighted by atomic mass is 9.69. The zero-order chi connectivity index (χ0) is 19.3. The van der Waals surface area contributed by atoms with E-state index in [0.29, 0.717) is 5.92 Å². The van der Waals surface area contributed by atoms with E-state index in [9.17, 15) is 13.2 Å². The van der Waals surface area contributed by atoms with Crippen LogP contribution < -0.4 is 4.74 Å². The molecule has 0 heterocycles. The average Bonchev–Trinajstić information content (AvgIpc) is 2.67. The van der Waals surface area contributed by atoms with Gasteiger partial charge in [0.05, 0.1) is 0 Å². The molecule has 0 bridgehead atoms. The summed E-state index contributed by atoms with van der Waals surface area (Å²) in [5.41, 5.74) is 0.740. The van der Waals surface area contributed by atoms with Crippen LogP contribution in [0.15, 0.2) is 24.3 Å². The first-order valence-electron chi connectivity index (χ1n) is 10.3. The lowest BCUT2D eigenvalue weighted by molar-refractivity contribution is -0.274. The summed E-state index contributed by atoms with van der Waals surface area (Å²) in [4.78, 5) is 0. The Hall–Kier alpha value is -1.63. The molecule has 0 spiro atoms. The second-order valence-corrected chi connectivity index (χ2v) is 8.14. The van der Waals surface area contributed by atoms with E-state index >= 15 is 0 Å². The zero-order valence-electron chi connectivity index (χ0n) is 16.0. The first-order chi connectivity index (χ1) is 12.9. The highest BCUT2D eigenvalue weighted by Crippen LogP contribution is 2.41. The molecular weight excluding hydrogens is 349 g/mol. The lowest BCUT2D eigenvalue weighted by Crippen LogP contribution is -2.25. The van der Waals surface area contributed by atoms with Crippen molar-refractivity contribution in [1.29, 1.82) is 0 Å². The summed E-state index contributed by atoms with van der Waals surface area (Å²) < 4.78 is 40.4. The van der Waals surface area contributed by atoms with Gasteiger partial charge in [-0.2, -0.15) is 0 Å². The molecule has 0 aromatic heterocycles. The molecular formula is C23H29F3O. The summed E-state index contributed by atoms with van der Waals surface area (Å²) in [5, 5.41) is 0. The maximum Gasteiger partial charge on any atom is 0.573 e. The molecule has 1 nitrogen and oxygen atoms in total. The van der Waals surface area contributed by atoms with E-state index < -0.39 is 6.36 Å². The normalized spacial score (nSPS) is 28.9. The van der Waals surface area contributed by atoms with Crippen LogP contribution in [0.2, 0.25) is 0 Å². The van der Waals surface area contributed by atoms with Gasteiger partial charge >= 0.3 is 6.36 Å². The Morgan fingerprint density at radius 1 is 0.889 bits per heavy atom. The molecule has 3 rings (SSSR count). The molecule has 0 aliphatic heterocycles. The molecule has 2 aliphatic carbocycles. The summed E-state index contributed by atoms with van der Waals surface area (Å²) in [7, 11) is 0. The van der Waals surface area contributed by atoms with Gasteiger partial charge in [-0.3, -0.25) is 0 Å². The maximum atomic E-state index is 12.2. The average molecular weight is 378 g/mol. The number of hydrogen-bond donors (Lipinski definition) is 0. The largest absolute Gasteiger partial charge is 0.573 e. The highest BCUT2D eigenvalue weighted by Gasteiger charge is 2.31. The summed E-state index contributed by atoms with van der Waals surface area (Å²) >= 11 is 0. The van der Waals surface area contributed by atoms with Crippen molar-refractivity contribution < 1.29 is 17.9 Å². The maximum absolute atomic E-state index is 12.2. The minimum atomic E-state index is -4.65. The molecule has 0 N–H and O–H groups in total. The van der Waals surface area contributed by atoms with Crippen molar-refractivity contribution in [2.24, 2.45) is 23.7 Å². The van der Waals surface area contributed by atoms with Crippen LogP contribution in [0.3, 0.4) is 0 Å². The topological polar surface area (TPSA) is 9.23 Å². The second-order valence-electron chi connectivity index (χ2n) is 8.14. The molecule has 2 aliphatic rings. The predicted molar refractivity (Wildman–Crippen MR) is 101 cm³/mol. The van der Waals surface area contributed by atoms with Crippen LogP contribution in [0.5, 0.6) is 5.75 Å². The highest BCUT2D eigenvalue weighted by atomic mass is 19.4. The van der Waals surface area contributed by atoms with E-state index in [0.717, 1.165) is 36.2 Å². The van der Waals surface area contributed by atoms with E-state index in [1.165, 1.54) is 57.1 Å². The van der Waals surface area contributed by atoms with Crippen LogP contribution in [0.1, 0.15) is 70.3 Å². The molecule has 0 radical (unpaired) electrons. The minimum absolute atomic E-state index is 0.202. The van der Waals surface area contributed by atoms with E-state index in [2.05, 4.69) is 23.5 Å². The quantitative estimate of drug-likeness (QED) is 0.517. The van der Waals surface area contributed by atoms with Crippen molar-refractivity contribution in [1.82, 2.24) is 0 Å². The molecule has 27 heavy (non-hydrogen) atoms. The van der Waals surface area contributed by atoms with Gasteiger partial charge in [0.2, 0.25) is 0 Å².